The fraction of sp³-hybridized carbons (Fsp3) is 0.688. The first-order chi connectivity index (χ1) is 19.6. The van der Waals surface area contributed by atoms with Crippen LogP contribution in [0.15, 0.2) is 42.5 Å². The number of carbonyl (C=O) groups excluding carboxylic acids is 2. The van der Waals surface area contributed by atoms with Gasteiger partial charge in [-0.15, -0.1) is 0 Å². The Morgan fingerprint density at radius 3 is 2.22 bits per heavy atom. The van der Waals surface area contributed by atoms with Crippen molar-refractivity contribution < 1.29 is 42.7 Å². The summed E-state index contributed by atoms with van der Waals surface area (Å²) in [5.74, 6) is -1.24. The monoisotopic (exact) mass is 574 g/mol. The highest BCUT2D eigenvalue weighted by atomic mass is 16.7. The lowest BCUT2D eigenvalue weighted by molar-refractivity contribution is -0.248. The third kappa shape index (κ3) is 6.31. The highest BCUT2D eigenvalue weighted by Gasteiger charge is 2.62. The largest absolute Gasteiger partial charge is 0.450 e. The molecular weight excluding hydrogens is 528 g/mol. The Balaban J connectivity index is 1.80. The van der Waals surface area contributed by atoms with E-state index in [2.05, 4.69) is 27.4 Å². The molecule has 3 fully saturated rings. The zero-order chi connectivity index (χ0) is 29.8. The zero-order valence-corrected chi connectivity index (χ0v) is 25.3. The first kappa shape index (κ1) is 31.8. The molecule has 0 aliphatic heterocycles. The van der Waals surface area contributed by atoms with Crippen LogP contribution in [-0.2, 0) is 38.0 Å². The lowest BCUT2D eigenvalue weighted by Gasteiger charge is -2.60. The van der Waals surface area contributed by atoms with Gasteiger partial charge in [-0.2, -0.15) is 0 Å². The van der Waals surface area contributed by atoms with Crippen LogP contribution in [0, 0.1) is 28.6 Å². The third-order valence-corrected chi connectivity index (χ3v) is 9.83. The molecule has 0 amide bonds. The molecule has 3 aliphatic rings. The summed E-state index contributed by atoms with van der Waals surface area (Å²) in [4.78, 5) is 27.1. The number of hydrogen-bond donors (Lipinski definition) is 0. The van der Waals surface area contributed by atoms with Gasteiger partial charge in [-0.3, -0.25) is 4.79 Å². The Hall–Kier alpha value is -2.14. The van der Waals surface area contributed by atoms with Gasteiger partial charge in [0.1, 0.15) is 20.4 Å². The Labute approximate surface area is 243 Å². The van der Waals surface area contributed by atoms with Crippen LogP contribution < -0.4 is 0 Å². The number of carbonyl (C=O) groups is 2. The van der Waals surface area contributed by atoms with Gasteiger partial charge in [0.05, 0.1) is 23.9 Å². The number of Topliss-reactive ketones (excluding diaryl/α,β-unsaturated/α-hetero) is 1. The minimum Gasteiger partial charge on any atom is -0.450 e. The van der Waals surface area contributed by atoms with E-state index in [0.29, 0.717) is 12.0 Å². The molecule has 4 rings (SSSR count). The molecule has 1 aromatic rings. The molecule has 0 spiro atoms. The summed E-state index contributed by atoms with van der Waals surface area (Å²) in [5, 5.41) is 0. The zero-order valence-electron chi connectivity index (χ0n) is 25.3. The average Bonchev–Trinajstić information content (AvgIpc) is 2.95. The molecule has 41 heavy (non-hydrogen) atoms. The minimum atomic E-state index is -0.897. The molecule has 1 aromatic carbocycles. The van der Waals surface area contributed by atoms with Crippen molar-refractivity contribution in [2.24, 2.45) is 28.6 Å². The van der Waals surface area contributed by atoms with Crippen molar-refractivity contribution in [1.29, 1.82) is 0 Å². The first-order valence-electron chi connectivity index (χ1n) is 14.4. The van der Waals surface area contributed by atoms with Crippen molar-refractivity contribution in [3.8, 4) is 0 Å². The quantitative estimate of drug-likeness (QED) is 0.210. The second kappa shape index (κ2) is 13.4. The Morgan fingerprint density at radius 1 is 0.927 bits per heavy atom. The summed E-state index contributed by atoms with van der Waals surface area (Å²) in [6.07, 6.45) is 0.284. The molecule has 9 heteroatoms. The summed E-state index contributed by atoms with van der Waals surface area (Å²) < 4.78 is 41.0. The fourth-order valence-corrected chi connectivity index (χ4v) is 7.53. The summed E-state index contributed by atoms with van der Waals surface area (Å²) in [7, 11) is 4.77. The molecule has 0 radical (unpaired) electrons. The van der Waals surface area contributed by atoms with Gasteiger partial charge in [-0.1, -0.05) is 45.5 Å². The van der Waals surface area contributed by atoms with Gasteiger partial charge in [0, 0.05) is 45.0 Å². The fourth-order valence-electron chi connectivity index (χ4n) is 7.53. The number of benzene rings is 1. The van der Waals surface area contributed by atoms with Crippen molar-refractivity contribution in [1.82, 2.24) is 0 Å². The average molecular weight is 575 g/mol. The topological polar surface area (TPSA) is 98.8 Å². The van der Waals surface area contributed by atoms with E-state index in [0.717, 1.165) is 18.4 Å². The predicted molar refractivity (Wildman–Crippen MR) is 151 cm³/mol. The van der Waals surface area contributed by atoms with Crippen LogP contribution in [0.3, 0.4) is 0 Å². The van der Waals surface area contributed by atoms with Crippen molar-refractivity contribution in [3.05, 3.63) is 48.0 Å². The van der Waals surface area contributed by atoms with Crippen LogP contribution in [0.5, 0.6) is 0 Å². The number of fused-ring (bicyclic) bond motifs is 3. The number of rotatable bonds is 11. The second-order valence-electron chi connectivity index (χ2n) is 12.4. The van der Waals surface area contributed by atoms with E-state index in [1.807, 2.05) is 6.07 Å². The molecule has 3 saturated carbocycles. The van der Waals surface area contributed by atoms with Gasteiger partial charge < -0.3 is 33.2 Å². The molecular formula is C32H46O9. The molecule has 0 N–H and O–H groups in total. The van der Waals surface area contributed by atoms with Crippen LogP contribution in [0.25, 0.3) is 0 Å². The minimum absolute atomic E-state index is 0.0522. The van der Waals surface area contributed by atoms with Crippen molar-refractivity contribution in [2.75, 3.05) is 41.7 Å². The van der Waals surface area contributed by atoms with Crippen molar-refractivity contribution in [2.45, 2.75) is 70.9 Å². The summed E-state index contributed by atoms with van der Waals surface area (Å²) in [6, 6.07) is 8.80. The number of methoxy groups -OCH3 is 3. The highest BCUT2D eigenvalue weighted by molar-refractivity contribution is 5.93. The van der Waals surface area contributed by atoms with Gasteiger partial charge in [0.2, 0.25) is 0 Å². The van der Waals surface area contributed by atoms with Gasteiger partial charge >= 0.3 is 5.97 Å². The summed E-state index contributed by atoms with van der Waals surface area (Å²) in [6.45, 7) is 11.3. The molecule has 3 aliphatic carbocycles. The lowest BCUT2D eigenvalue weighted by Crippen LogP contribution is -2.64. The summed E-state index contributed by atoms with van der Waals surface area (Å²) in [5.41, 5.74) is 0.445. The molecule has 8 atom stereocenters. The van der Waals surface area contributed by atoms with Crippen LogP contribution >= 0.6 is 0 Å². The second-order valence-corrected chi connectivity index (χ2v) is 12.4. The van der Waals surface area contributed by atoms with E-state index in [9.17, 15) is 9.59 Å². The van der Waals surface area contributed by atoms with E-state index in [1.54, 1.807) is 45.6 Å². The standard InChI is InChI=1S/C32H46O9/c1-20-22-15-23-27(41-30(34)21-11-9-8-10-12-21)25(33)16-24(31(23,2)3)28(39-18-36-6)29(40-19-37-7)32(22,4)14-13-26(20)38-17-35-5/h8-12,22-24,26-29H,1,13-19H2,2-7H3/t22-,23?,24?,26+,27+,28-,29+,32-/m1/s1. The van der Waals surface area contributed by atoms with Gasteiger partial charge in [0.25, 0.3) is 0 Å². The van der Waals surface area contributed by atoms with Crippen LogP contribution in [0.2, 0.25) is 0 Å². The van der Waals surface area contributed by atoms with Crippen molar-refractivity contribution >= 4 is 11.8 Å². The molecule has 9 nitrogen and oxygen atoms in total. The first-order valence-corrected chi connectivity index (χ1v) is 14.4. The van der Waals surface area contributed by atoms with E-state index in [4.69, 9.17) is 33.2 Å². The maximum atomic E-state index is 13.9. The SMILES string of the molecule is C=C1[C@@H](OCOC)CC[C@]2(C)[C@@H]1CC1[C@H](OC(=O)c3ccccc3)C(=O)CC([C@@H](OCOC)[C@@H]2OCOC)C1(C)C. The summed E-state index contributed by atoms with van der Waals surface area (Å²) >= 11 is 0. The number of hydrogen-bond acceptors (Lipinski definition) is 9. The number of esters is 1. The molecule has 0 heterocycles. The smallest absolute Gasteiger partial charge is 0.338 e. The van der Waals surface area contributed by atoms with Gasteiger partial charge in [-0.05, 0) is 48.3 Å². The lowest BCUT2D eigenvalue weighted by atomic mass is 9.48. The van der Waals surface area contributed by atoms with E-state index < -0.39 is 35.1 Å². The number of ketones is 1. The third-order valence-electron chi connectivity index (χ3n) is 9.83. The Kier molecular flexibility index (Phi) is 10.4. The predicted octanol–water partition coefficient (Wildman–Crippen LogP) is 4.79. The van der Waals surface area contributed by atoms with E-state index in [-0.39, 0.29) is 56.4 Å². The molecule has 2 unspecified atom stereocenters. The highest BCUT2D eigenvalue weighted by Crippen LogP contribution is 2.60. The van der Waals surface area contributed by atoms with E-state index >= 15 is 0 Å². The molecule has 2 bridgehead atoms. The van der Waals surface area contributed by atoms with Crippen LogP contribution in [0.1, 0.15) is 56.8 Å². The molecule has 0 saturated heterocycles. The number of ether oxygens (including phenoxy) is 7. The maximum Gasteiger partial charge on any atom is 0.338 e. The maximum absolute atomic E-state index is 13.9. The van der Waals surface area contributed by atoms with Crippen molar-refractivity contribution in [3.63, 3.8) is 0 Å². The normalized spacial score (nSPS) is 34.8. The van der Waals surface area contributed by atoms with Crippen LogP contribution in [-0.4, -0.2) is 77.9 Å². The van der Waals surface area contributed by atoms with Crippen LogP contribution in [0.4, 0.5) is 0 Å². The molecule has 0 aromatic heterocycles. The molecule has 228 valence electrons. The van der Waals surface area contributed by atoms with E-state index in [1.165, 1.54) is 0 Å². The van der Waals surface area contributed by atoms with Gasteiger partial charge in [0.15, 0.2) is 11.9 Å². The Morgan fingerprint density at radius 2 is 1.56 bits per heavy atom. The Bertz CT molecular complexity index is 1060. The van der Waals surface area contributed by atoms with Gasteiger partial charge in [-0.25, -0.2) is 4.79 Å².